The Hall–Kier alpha value is -1.09. The van der Waals surface area contributed by atoms with Crippen LogP contribution in [0.1, 0.15) is 181 Å². The molecule has 0 saturated carbocycles. The van der Waals surface area contributed by atoms with E-state index in [0.29, 0.717) is 26.0 Å². The molecule has 0 radical (unpaired) electrons. The first-order valence-electron chi connectivity index (χ1n) is 20.5. The van der Waals surface area contributed by atoms with E-state index in [4.69, 9.17) is 9.47 Å². The van der Waals surface area contributed by atoms with E-state index in [2.05, 4.69) is 31.7 Å². The number of carbonyl (C=O) groups is 2. The third kappa shape index (κ3) is 33.8. The molecule has 1 unspecified atom stereocenters. The summed E-state index contributed by atoms with van der Waals surface area (Å²) in [6, 6.07) is 0. The standard InChI is InChI=1S/C41H80N2O5S/c1-6-9-12-15-16-22-27-36-47-39(44)31-25-20-17-21-26-33-43(41(46)49-37-35-42(4)5)34-28-32-40(45)48-38(29-23-18-13-10-7-2)30-24-19-14-11-8-3/h22,27,38,40,45H,6-21,23-26,28-37H2,1-5H3/b27-22-. The van der Waals surface area contributed by atoms with Crippen molar-refractivity contribution >= 4 is 23.0 Å². The van der Waals surface area contributed by atoms with Crippen LogP contribution in [0.5, 0.6) is 0 Å². The van der Waals surface area contributed by atoms with Crippen LogP contribution in [0, 0.1) is 0 Å². The van der Waals surface area contributed by atoms with Crippen LogP contribution in [-0.4, -0.2) is 84.6 Å². The van der Waals surface area contributed by atoms with Crippen LogP contribution in [0.25, 0.3) is 0 Å². The first-order chi connectivity index (χ1) is 23.8. The second kappa shape index (κ2) is 36.7. The van der Waals surface area contributed by atoms with E-state index in [1.807, 2.05) is 25.1 Å². The summed E-state index contributed by atoms with van der Waals surface area (Å²) in [6.07, 6.45) is 30.7. The number of ether oxygens (including phenoxy) is 2. The van der Waals surface area contributed by atoms with Gasteiger partial charge in [-0.3, -0.25) is 9.59 Å². The summed E-state index contributed by atoms with van der Waals surface area (Å²) < 4.78 is 11.5. The molecule has 0 aliphatic heterocycles. The fraction of sp³-hybridized carbons (Fsp3) is 0.902. The molecule has 0 saturated heterocycles. The first-order valence-corrected chi connectivity index (χ1v) is 21.5. The van der Waals surface area contributed by atoms with Gasteiger partial charge in [-0.1, -0.05) is 147 Å². The minimum Gasteiger partial charge on any atom is -0.461 e. The summed E-state index contributed by atoms with van der Waals surface area (Å²) in [6.45, 7) is 9.33. The van der Waals surface area contributed by atoms with Gasteiger partial charge in [-0.15, -0.1) is 0 Å². The van der Waals surface area contributed by atoms with Crippen LogP contribution in [-0.2, 0) is 14.3 Å². The van der Waals surface area contributed by atoms with Gasteiger partial charge in [0.15, 0.2) is 6.29 Å². The third-order valence-electron chi connectivity index (χ3n) is 9.05. The Kier molecular flexibility index (Phi) is 35.9. The number of carbonyl (C=O) groups excluding carboxylic acids is 2. The minimum absolute atomic E-state index is 0.112. The highest BCUT2D eigenvalue weighted by atomic mass is 32.2. The number of aliphatic hydroxyl groups is 1. The maximum Gasteiger partial charge on any atom is 0.306 e. The summed E-state index contributed by atoms with van der Waals surface area (Å²) >= 11 is 1.40. The zero-order valence-corrected chi connectivity index (χ0v) is 33.7. The molecule has 1 amide bonds. The molecular weight excluding hydrogens is 633 g/mol. The van der Waals surface area contributed by atoms with Crippen molar-refractivity contribution in [2.75, 3.05) is 46.1 Å². The molecule has 0 fully saturated rings. The molecule has 0 spiro atoms. The monoisotopic (exact) mass is 713 g/mol. The molecule has 1 N–H and O–H groups in total. The van der Waals surface area contributed by atoms with Crippen molar-refractivity contribution in [1.29, 1.82) is 0 Å². The molecule has 1 atom stereocenters. The Labute approximate surface area is 308 Å². The number of aliphatic hydroxyl groups excluding tert-OH is 1. The van der Waals surface area contributed by atoms with E-state index in [0.717, 1.165) is 76.6 Å². The van der Waals surface area contributed by atoms with Crippen LogP contribution >= 0.6 is 11.8 Å². The Morgan fingerprint density at radius 3 is 1.84 bits per heavy atom. The summed E-state index contributed by atoms with van der Waals surface area (Å²) in [4.78, 5) is 29.2. The first kappa shape index (κ1) is 47.9. The third-order valence-corrected chi connectivity index (χ3v) is 9.94. The van der Waals surface area contributed by atoms with E-state index in [9.17, 15) is 14.7 Å². The number of hydrogen-bond donors (Lipinski definition) is 1. The van der Waals surface area contributed by atoms with E-state index in [-0.39, 0.29) is 17.3 Å². The number of esters is 1. The number of thioether (sulfide) groups is 1. The molecule has 8 heteroatoms. The Balaban J connectivity index is 4.53. The molecule has 290 valence electrons. The molecule has 0 aliphatic rings. The van der Waals surface area contributed by atoms with E-state index < -0.39 is 6.29 Å². The molecule has 0 aromatic rings. The molecule has 49 heavy (non-hydrogen) atoms. The van der Waals surface area contributed by atoms with Crippen molar-refractivity contribution in [2.45, 2.75) is 194 Å². The summed E-state index contributed by atoms with van der Waals surface area (Å²) in [7, 11) is 4.06. The molecule has 0 aromatic carbocycles. The molecule has 7 nitrogen and oxygen atoms in total. The van der Waals surface area contributed by atoms with Crippen LogP contribution < -0.4 is 0 Å². The average molecular weight is 713 g/mol. The van der Waals surface area contributed by atoms with E-state index in [1.165, 1.54) is 102 Å². The van der Waals surface area contributed by atoms with Crippen molar-refractivity contribution in [3.05, 3.63) is 12.2 Å². The highest BCUT2D eigenvalue weighted by molar-refractivity contribution is 8.13. The highest BCUT2D eigenvalue weighted by Gasteiger charge is 2.18. The lowest BCUT2D eigenvalue weighted by atomic mass is 10.0. The average Bonchev–Trinajstić information content (AvgIpc) is 3.07. The Morgan fingerprint density at radius 1 is 0.653 bits per heavy atom. The molecule has 0 heterocycles. The van der Waals surface area contributed by atoms with Gasteiger partial charge in [0.2, 0.25) is 0 Å². The predicted molar refractivity (Wildman–Crippen MR) is 211 cm³/mol. The topological polar surface area (TPSA) is 79.3 Å². The van der Waals surface area contributed by atoms with Gasteiger partial charge in [0, 0.05) is 31.8 Å². The van der Waals surface area contributed by atoms with Crippen molar-refractivity contribution in [3.63, 3.8) is 0 Å². The highest BCUT2D eigenvalue weighted by Crippen LogP contribution is 2.19. The molecule has 0 aromatic heterocycles. The second-order valence-electron chi connectivity index (χ2n) is 14.2. The maximum atomic E-state index is 13.1. The summed E-state index contributed by atoms with van der Waals surface area (Å²) in [5.74, 6) is 0.662. The molecule has 0 bridgehead atoms. The maximum absolute atomic E-state index is 13.1. The normalized spacial score (nSPS) is 12.4. The van der Waals surface area contributed by atoms with Gasteiger partial charge in [0.25, 0.3) is 5.24 Å². The largest absolute Gasteiger partial charge is 0.461 e. The minimum atomic E-state index is -0.770. The fourth-order valence-electron chi connectivity index (χ4n) is 5.87. The van der Waals surface area contributed by atoms with Crippen molar-refractivity contribution < 1.29 is 24.2 Å². The van der Waals surface area contributed by atoms with Crippen LogP contribution in [0.2, 0.25) is 0 Å². The molecule has 0 aliphatic carbocycles. The predicted octanol–water partition coefficient (Wildman–Crippen LogP) is 11.3. The number of unbranched alkanes of at least 4 members (excludes halogenated alkanes) is 16. The van der Waals surface area contributed by atoms with Gasteiger partial charge in [0.05, 0.1) is 6.10 Å². The van der Waals surface area contributed by atoms with Crippen LogP contribution in [0.4, 0.5) is 4.79 Å². The van der Waals surface area contributed by atoms with Gasteiger partial charge < -0.3 is 24.4 Å². The number of rotatable bonds is 36. The molecular formula is C41H80N2O5S. The fourth-order valence-corrected chi connectivity index (χ4v) is 6.87. The van der Waals surface area contributed by atoms with Gasteiger partial charge >= 0.3 is 5.97 Å². The Morgan fingerprint density at radius 2 is 1.20 bits per heavy atom. The lowest BCUT2D eigenvalue weighted by molar-refractivity contribution is -0.144. The van der Waals surface area contributed by atoms with Crippen molar-refractivity contribution in [1.82, 2.24) is 9.80 Å². The Bertz CT molecular complexity index is 752. The SMILES string of the molecule is CCCCCC/C=C\COC(=O)CCCCCCCN(CCCC(O)OC(CCCCCCC)CCCCCCC)C(=O)SCCN(C)C. The van der Waals surface area contributed by atoms with E-state index >= 15 is 0 Å². The lowest BCUT2D eigenvalue weighted by Crippen LogP contribution is -2.32. The number of hydrogen-bond acceptors (Lipinski definition) is 7. The molecule has 0 rings (SSSR count). The van der Waals surface area contributed by atoms with Crippen molar-refractivity contribution in [2.24, 2.45) is 0 Å². The van der Waals surface area contributed by atoms with Gasteiger partial charge in [-0.2, -0.15) is 0 Å². The van der Waals surface area contributed by atoms with Gasteiger partial charge in [0.1, 0.15) is 6.61 Å². The van der Waals surface area contributed by atoms with Crippen LogP contribution in [0.15, 0.2) is 12.2 Å². The number of nitrogens with zero attached hydrogens (tertiary/aromatic N) is 2. The summed E-state index contributed by atoms with van der Waals surface area (Å²) in [5, 5.41) is 11.0. The smallest absolute Gasteiger partial charge is 0.306 e. The van der Waals surface area contributed by atoms with Gasteiger partial charge in [-0.05, 0) is 65.5 Å². The zero-order valence-electron chi connectivity index (χ0n) is 32.9. The van der Waals surface area contributed by atoms with Crippen LogP contribution in [0.3, 0.4) is 0 Å². The van der Waals surface area contributed by atoms with E-state index in [1.54, 1.807) is 0 Å². The number of amides is 1. The van der Waals surface area contributed by atoms with Gasteiger partial charge in [-0.25, -0.2) is 0 Å². The van der Waals surface area contributed by atoms with Crippen molar-refractivity contribution in [3.8, 4) is 0 Å². The summed E-state index contributed by atoms with van der Waals surface area (Å²) in [5.41, 5.74) is 0. The second-order valence-corrected chi connectivity index (χ2v) is 15.2. The number of allylic oxidation sites excluding steroid dienone is 1. The lowest BCUT2D eigenvalue weighted by Gasteiger charge is -2.25. The zero-order chi connectivity index (χ0) is 36.2. The quantitative estimate of drug-likeness (QED) is 0.0300.